The molecule has 0 bridgehead atoms. The number of nitrogens with zero attached hydrogens (tertiary/aromatic N) is 4. The zero-order valence-electron chi connectivity index (χ0n) is 14.8. The van der Waals surface area contributed by atoms with Gasteiger partial charge in [0.25, 0.3) is 5.91 Å². The first-order valence-electron chi connectivity index (χ1n) is 8.48. The highest BCUT2D eigenvalue weighted by molar-refractivity contribution is 6.05. The van der Waals surface area contributed by atoms with Crippen molar-refractivity contribution in [3.8, 4) is 0 Å². The first-order valence-corrected chi connectivity index (χ1v) is 8.48. The van der Waals surface area contributed by atoms with Gasteiger partial charge >= 0.3 is 5.97 Å². The summed E-state index contributed by atoms with van der Waals surface area (Å²) in [4.78, 5) is 29.3. The molecule has 0 aromatic carbocycles. The molecule has 0 saturated heterocycles. The average molecular weight is 363 g/mol. The molecule has 4 aromatic heterocycles. The normalized spacial score (nSPS) is 11.0. The number of anilines is 1. The molecule has 0 aliphatic rings. The summed E-state index contributed by atoms with van der Waals surface area (Å²) in [5, 5.41) is 7.00. The number of rotatable bonds is 4. The third-order valence-electron chi connectivity index (χ3n) is 4.19. The molecule has 0 aliphatic carbocycles. The van der Waals surface area contributed by atoms with E-state index in [2.05, 4.69) is 15.4 Å². The molecule has 0 atom stereocenters. The first kappa shape index (κ1) is 16.8. The monoisotopic (exact) mass is 363 g/mol. The molecule has 0 fully saturated rings. The predicted molar refractivity (Wildman–Crippen MR) is 99.0 cm³/mol. The van der Waals surface area contributed by atoms with Crippen LogP contribution in [0, 0.1) is 6.92 Å². The third kappa shape index (κ3) is 2.91. The molecular weight excluding hydrogens is 346 g/mol. The fourth-order valence-electron chi connectivity index (χ4n) is 3.00. The number of amides is 1. The van der Waals surface area contributed by atoms with Crippen molar-refractivity contribution in [2.24, 2.45) is 0 Å². The second-order valence-corrected chi connectivity index (χ2v) is 5.95. The summed E-state index contributed by atoms with van der Waals surface area (Å²) in [6.07, 6.45) is 4.92. The van der Waals surface area contributed by atoms with Crippen molar-refractivity contribution < 1.29 is 14.3 Å². The van der Waals surface area contributed by atoms with E-state index in [4.69, 9.17) is 4.74 Å². The molecule has 0 unspecified atom stereocenters. The highest BCUT2D eigenvalue weighted by Crippen LogP contribution is 2.19. The summed E-state index contributed by atoms with van der Waals surface area (Å²) >= 11 is 0. The van der Waals surface area contributed by atoms with E-state index >= 15 is 0 Å². The van der Waals surface area contributed by atoms with Crippen molar-refractivity contribution in [1.29, 1.82) is 0 Å². The lowest BCUT2D eigenvalue weighted by Crippen LogP contribution is -2.15. The van der Waals surface area contributed by atoms with Crippen LogP contribution in [-0.4, -0.2) is 37.5 Å². The minimum Gasteiger partial charge on any atom is -0.462 e. The highest BCUT2D eigenvalue weighted by atomic mass is 16.5. The van der Waals surface area contributed by atoms with Crippen LogP contribution in [0.25, 0.3) is 11.2 Å². The minimum atomic E-state index is -0.450. The highest BCUT2D eigenvalue weighted by Gasteiger charge is 2.18. The van der Waals surface area contributed by atoms with E-state index in [-0.39, 0.29) is 12.5 Å². The maximum Gasteiger partial charge on any atom is 0.341 e. The Morgan fingerprint density at radius 3 is 2.89 bits per heavy atom. The van der Waals surface area contributed by atoms with E-state index < -0.39 is 5.97 Å². The van der Waals surface area contributed by atoms with Gasteiger partial charge in [0.15, 0.2) is 0 Å². The topological polar surface area (TPSA) is 90.0 Å². The Balaban J connectivity index is 1.68. The summed E-state index contributed by atoms with van der Waals surface area (Å²) in [5.41, 5.74) is 3.25. The molecule has 8 heteroatoms. The number of nitrogens with one attached hydrogen (secondary N) is 1. The van der Waals surface area contributed by atoms with E-state index in [1.807, 2.05) is 18.2 Å². The van der Waals surface area contributed by atoms with E-state index in [0.29, 0.717) is 33.8 Å². The van der Waals surface area contributed by atoms with Crippen molar-refractivity contribution in [2.45, 2.75) is 13.8 Å². The maximum absolute atomic E-state index is 12.8. The molecule has 0 aliphatic heterocycles. The van der Waals surface area contributed by atoms with Crippen LogP contribution in [0.1, 0.15) is 33.5 Å². The van der Waals surface area contributed by atoms with Gasteiger partial charge in [-0.3, -0.25) is 9.20 Å². The van der Waals surface area contributed by atoms with Gasteiger partial charge in [-0.1, -0.05) is 6.07 Å². The van der Waals surface area contributed by atoms with Gasteiger partial charge in [0.1, 0.15) is 16.9 Å². The summed E-state index contributed by atoms with van der Waals surface area (Å²) < 4.78 is 8.35. The number of pyridine rings is 2. The van der Waals surface area contributed by atoms with Crippen molar-refractivity contribution in [1.82, 2.24) is 19.0 Å². The van der Waals surface area contributed by atoms with E-state index in [0.717, 1.165) is 0 Å². The number of ether oxygens (including phenoxy) is 1. The van der Waals surface area contributed by atoms with Crippen LogP contribution in [0.2, 0.25) is 0 Å². The number of carbonyl (C=O) groups is 2. The number of fused-ring (bicyclic) bond motifs is 2. The van der Waals surface area contributed by atoms with Crippen LogP contribution < -0.4 is 5.32 Å². The number of aryl methyl sites for hydroxylation is 1. The SMILES string of the molecule is CCOC(=O)c1cnn2ccc(NC(=O)c3c(C)nc4ccccn34)cc12. The maximum atomic E-state index is 12.8. The molecule has 4 heterocycles. The second kappa shape index (κ2) is 6.56. The van der Waals surface area contributed by atoms with Gasteiger partial charge in [-0.05, 0) is 38.1 Å². The van der Waals surface area contributed by atoms with Crippen LogP contribution in [0.3, 0.4) is 0 Å². The van der Waals surface area contributed by atoms with Gasteiger partial charge in [0, 0.05) is 18.1 Å². The molecule has 1 N–H and O–H groups in total. The Bertz CT molecular complexity index is 1170. The number of esters is 1. The Labute approximate surface area is 154 Å². The molecule has 8 nitrogen and oxygen atoms in total. The fraction of sp³-hybridized carbons (Fsp3) is 0.158. The van der Waals surface area contributed by atoms with Gasteiger partial charge in [-0.2, -0.15) is 5.10 Å². The quantitative estimate of drug-likeness (QED) is 0.563. The van der Waals surface area contributed by atoms with Crippen molar-refractivity contribution in [3.63, 3.8) is 0 Å². The Morgan fingerprint density at radius 1 is 1.22 bits per heavy atom. The van der Waals surface area contributed by atoms with E-state index in [1.54, 1.807) is 47.3 Å². The Morgan fingerprint density at radius 2 is 2.07 bits per heavy atom. The van der Waals surface area contributed by atoms with Crippen LogP contribution in [0.5, 0.6) is 0 Å². The fourth-order valence-corrected chi connectivity index (χ4v) is 3.00. The molecule has 0 saturated carbocycles. The van der Waals surface area contributed by atoms with Crippen LogP contribution in [0.4, 0.5) is 5.69 Å². The van der Waals surface area contributed by atoms with Gasteiger partial charge in [-0.25, -0.2) is 14.3 Å². The molecule has 4 rings (SSSR count). The van der Waals surface area contributed by atoms with Crippen LogP contribution in [0.15, 0.2) is 48.9 Å². The zero-order valence-corrected chi connectivity index (χ0v) is 14.8. The lowest BCUT2D eigenvalue weighted by molar-refractivity contribution is 0.0528. The lowest BCUT2D eigenvalue weighted by Gasteiger charge is -2.07. The van der Waals surface area contributed by atoms with Crippen LogP contribution >= 0.6 is 0 Å². The predicted octanol–water partition coefficient (Wildman–Crippen LogP) is 2.72. The van der Waals surface area contributed by atoms with Gasteiger partial charge in [0.2, 0.25) is 0 Å². The largest absolute Gasteiger partial charge is 0.462 e. The number of aromatic nitrogens is 4. The van der Waals surface area contributed by atoms with Crippen LogP contribution in [-0.2, 0) is 4.74 Å². The average Bonchev–Trinajstić information content (AvgIpc) is 3.21. The summed E-state index contributed by atoms with van der Waals surface area (Å²) in [5.74, 6) is -0.735. The van der Waals surface area contributed by atoms with Crippen molar-refractivity contribution in [3.05, 3.63) is 65.9 Å². The Hall–Kier alpha value is -3.68. The number of imidazole rings is 1. The molecule has 136 valence electrons. The molecular formula is C19H17N5O3. The number of hydrogen-bond acceptors (Lipinski definition) is 5. The van der Waals surface area contributed by atoms with Gasteiger partial charge in [0.05, 0.1) is 24.0 Å². The minimum absolute atomic E-state index is 0.278. The number of hydrogen-bond donors (Lipinski definition) is 1. The van der Waals surface area contributed by atoms with E-state index in [1.165, 1.54) is 6.20 Å². The smallest absolute Gasteiger partial charge is 0.341 e. The standard InChI is InChI=1S/C19H17N5O3/c1-3-27-19(26)14-11-20-24-9-7-13(10-15(14)24)22-18(25)17-12(2)21-16-6-4-5-8-23(16)17/h4-11H,3H2,1-2H3,(H,22,25). The molecule has 4 aromatic rings. The first-order chi connectivity index (χ1) is 13.1. The lowest BCUT2D eigenvalue weighted by atomic mass is 10.2. The Kier molecular flexibility index (Phi) is 4.08. The summed E-state index contributed by atoms with van der Waals surface area (Å²) in [6, 6.07) is 8.96. The zero-order chi connectivity index (χ0) is 19.0. The molecule has 0 radical (unpaired) electrons. The molecule has 0 spiro atoms. The van der Waals surface area contributed by atoms with Gasteiger partial charge in [-0.15, -0.1) is 0 Å². The van der Waals surface area contributed by atoms with E-state index in [9.17, 15) is 9.59 Å². The third-order valence-corrected chi connectivity index (χ3v) is 4.19. The van der Waals surface area contributed by atoms with Crippen molar-refractivity contribution in [2.75, 3.05) is 11.9 Å². The van der Waals surface area contributed by atoms with Gasteiger partial charge < -0.3 is 10.1 Å². The number of carbonyl (C=O) groups excluding carboxylic acids is 2. The molecule has 1 amide bonds. The summed E-state index contributed by atoms with van der Waals surface area (Å²) in [7, 11) is 0. The summed E-state index contributed by atoms with van der Waals surface area (Å²) in [6.45, 7) is 3.81. The molecule has 27 heavy (non-hydrogen) atoms. The second-order valence-electron chi connectivity index (χ2n) is 5.95. The van der Waals surface area contributed by atoms with Crippen molar-refractivity contribution >= 4 is 28.7 Å².